The number of imidazole rings is 1. The van der Waals surface area contributed by atoms with Gasteiger partial charge < -0.3 is 19.5 Å². The first kappa shape index (κ1) is 17.7. The van der Waals surface area contributed by atoms with Gasteiger partial charge in [-0.3, -0.25) is 14.6 Å². The summed E-state index contributed by atoms with van der Waals surface area (Å²) < 4.78 is 7.65. The molecule has 1 saturated heterocycles. The van der Waals surface area contributed by atoms with Crippen LogP contribution in [0, 0.1) is 0 Å². The molecule has 3 heterocycles. The first-order valence-electron chi connectivity index (χ1n) is 9.30. The topological polar surface area (TPSA) is 89.3 Å². The van der Waals surface area contributed by atoms with Crippen molar-refractivity contribution in [1.29, 1.82) is 0 Å². The number of ether oxygens (including phenoxy) is 1. The lowest BCUT2D eigenvalue weighted by molar-refractivity contribution is -0.165. The van der Waals surface area contributed by atoms with Crippen molar-refractivity contribution in [3.05, 3.63) is 48.8 Å². The van der Waals surface area contributed by atoms with Gasteiger partial charge in [0.15, 0.2) is 6.10 Å². The summed E-state index contributed by atoms with van der Waals surface area (Å²) in [5.41, 5.74) is 0.830. The van der Waals surface area contributed by atoms with Gasteiger partial charge in [0.25, 0.3) is 5.91 Å². The molecular weight excluding hydrogens is 346 g/mol. The van der Waals surface area contributed by atoms with Crippen molar-refractivity contribution in [3.8, 4) is 0 Å². The molecule has 27 heavy (non-hydrogen) atoms. The number of nitrogens with one attached hydrogen (secondary N) is 1. The lowest BCUT2D eigenvalue weighted by atomic mass is 9.98. The van der Waals surface area contributed by atoms with Crippen LogP contribution < -0.4 is 5.32 Å². The largest absolute Gasteiger partial charge is 0.356 e. The molecule has 0 unspecified atom stereocenters. The van der Waals surface area contributed by atoms with Gasteiger partial charge in [0.2, 0.25) is 5.91 Å². The number of carbonyl (C=O) groups excluding carboxylic acids is 2. The number of nitrogens with zero attached hydrogens (tertiary/aromatic N) is 4. The monoisotopic (exact) mass is 369 g/mol. The van der Waals surface area contributed by atoms with Crippen LogP contribution >= 0.6 is 0 Å². The van der Waals surface area contributed by atoms with E-state index in [-0.39, 0.29) is 24.5 Å². The Kier molecular flexibility index (Phi) is 5.15. The number of aryl methyl sites for hydroxylation is 1. The zero-order valence-electron chi connectivity index (χ0n) is 15.0. The van der Waals surface area contributed by atoms with E-state index in [1.807, 2.05) is 27.8 Å². The molecule has 142 valence electrons. The van der Waals surface area contributed by atoms with Gasteiger partial charge in [-0.15, -0.1) is 0 Å². The molecule has 8 heteroatoms. The fourth-order valence-corrected chi connectivity index (χ4v) is 3.51. The van der Waals surface area contributed by atoms with E-state index in [0.717, 1.165) is 31.4 Å². The number of amides is 2. The summed E-state index contributed by atoms with van der Waals surface area (Å²) >= 11 is 0. The quantitative estimate of drug-likeness (QED) is 0.733. The van der Waals surface area contributed by atoms with Crippen LogP contribution in [0.3, 0.4) is 0 Å². The number of rotatable bonds is 7. The molecule has 0 aromatic carbocycles. The molecule has 4 rings (SSSR count). The Morgan fingerprint density at radius 1 is 1.30 bits per heavy atom. The highest BCUT2D eigenvalue weighted by Crippen LogP contribution is 2.39. The van der Waals surface area contributed by atoms with E-state index >= 15 is 0 Å². The highest BCUT2D eigenvalue weighted by molar-refractivity contribution is 5.86. The summed E-state index contributed by atoms with van der Waals surface area (Å²) in [6.07, 6.45) is 10.8. The number of pyridine rings is 1. The summed E-state index contributed by atoms with van der Waals surface area (Å²) in [6, 6.07) is 3.48. The number of aromatic nitrogens is 3. The van der Waals surface area contributed by atoms with Crippen molar-refractivity contribution in [1.82, 2.24) is 24.8 Å². The second kappa shape index (κ2) is 7.87. The smallest absolute Gasteiger partial charge is 0.251 e. The average Bonchev–Trinajstić information content (AvgIpc) is 3.40. The highest BCUT2D eigenvalue weighted by atomic mass is 16.5. The normalized spacial score (nSPS) is 22.7. The van der Waals surface area contributed by atoms with Gasteiger partial charge in [0.05, 0.1) is 12.4 Å². The molecule has 0 spiro atoms. The van der Waals surface area contributed by atoms with Crippen LogP contribution in [0.15, 0.2) is 43.2 Å². The molecule has 2 amide bonds. The Hall–Kier alpha value is -2.74. The predicted octanol–water partition coefficient (Wildman–Crippen LogP) is 0.915. The van der Waals surface area contributed by atoms with Crippen LogP contribution in [0.5, 0.6) is 0 Å². The fourth-order valence-electron chi connectivity index (χ4n) is 3.51. The summed E-state index contributed by atoms with van der Waals surface area (Å²) in [5.74, 6) is -0.247. The van der Waals surface area contributed by atoms with Crippen molar-refractivity contribution in [2.75, 3.05) is 13.2 Å². The van der Waals surface area contributed by atoms with Crippen LogP contribution in [0.2, 0.25) is 0 Å². The van der Waals surface area contributed by atoms with Crippen LogP contribution in [0.1, 0.15) is 30.9 Å². The zero-order valence-corrected chi connectivity index (χ0v) is 15.0. The molecule has 2 aliphatic rings. The Balaban J connectivity index is 1.44. The molecule has 0 bridgehead atoms. The summed E-state index contributed by atoms with van der Waals surface area (Å²) in [5, 5.41) is 2.95. The number of hydrogen-bond acceptors (Lipinski definition) is 5. The molecule has 2 aromatic heterocycles. The summed E-state index contributed by atoms with van der Waals surface area (Å²) in [6.45, 7) is 1.26. The maximum absolute atomic E-state index is 12.8. The Bertz CT molecular complexity index is 776. The maximum Gasteiger partial charge on any atom is 0.251 e. The van der Waals surface area contributed by atoms with Crippen LogP contribution in [0.25, 0.3) is 0 Å². The van der Waals surface area contributed by atoms with Crippen LogP contribution in [0.4, 0.5) is 0 Å². The highest BCUT2D eigenvalue weighted by Gasteiger charge is 2.47. The van der Waals surface area contributed by atoms with Crippen LogP contribution in [-0.4, -0.2) is 56.5 Å². The molecular formula is C19H23N5O3. The van der Waals surface area contributed by atoms with Gasteiger partial charge in [-0.05, 0) is 30.9 Å². The lowest BCUT2D eigenvalue weighted by Crippen LogP contribution is -2.55. The molecule has 1 saturated carbocycles. The Labute approximate surface area is 157 Å². The first-order valence-corrected chi connectivity index (χ1v) is 9.30. The molecule has 8 nitrogen and oxygen atoms in total. The average molecular weight is 369 g/mol. The van der Waals surface area contributed by atoms with Crippen molar-refractivity contribution in [2.24, 2.45) is 0 Å². The number of carbonyl (C=O) groups is 2. The third-order valence-corrected chi connectivity index (χ3v) is 4.94. The second-order valence-corrected chi connectivity index (χ2v) is 6.94. The van der Waals surface area contributed by atoms with Gasteiger partial charge in [-0.1, -0.05) is 6.07 Å². The molecule has 1 aliphatic heterocycles. The third kappa shape index (κ3) is 4.00. The van der Waals surface area contributed by atoms with Gasteiger partial charge in [0.1, 0.15) is 6.61 Å². The fraction of sp³-hybridized carbons (Fsp3) is 0.474. The van der Waals surface area contributed by atoms with Crippen molar-refractivity contribution in [3.63, 3.8) is 0 Å². The van der Waals surface area contributed by atoms with Gasteiger partial charge in [-0.25, -0.2) is 4.98 Å². The lowest BCUT2D eigenvalue weighted by Gasteiger charge is -2.40. The molecule has 2 atom stereocenters. The summed E-state index contributed by atoms with van der Waals surface area (Å²) in [4.78, 5) is 35.3. The molecule has 1 aliphatic carbocycles. The van der Waals surface area contributed by atoms with E-state index in [9.17, 15) is 9.59 Å². The van der Waals surface area contributed by atoms with E-state index in [0.29, 0.717) is 6.54 Å². The number of hydrogen-bond donors (Lipinski definition) is 1. The first-order chi connectivity index (χ1) is 13.2. The van der Waals surface area contributed by atoms with Crippen molar-refractivity contribution >= 4 is 11.8 Å². The molecule has 0 radical (unpaired) electrons. The summed E-state index contributed by atoms with van der Waals surface area (Å²) in [7, 11) is 0. The van der Waals surface area contributed by atoms with Gasteiger partial charge in [0, 0.05) is 43.9 Å². The minimum Gasteiger partial charge on any atom is -0.356 e. The van der Waals surface area contributed by atoms with Gasteiger partial charge >= 0.3 is 0 Å². The van der Waals surface area contributed by atoms with E-state index in [1.54, 1.807) is 24.9 Å². The number of morpholine rings is 1. The Morgan fingerprint density at radius 3 is 2.89 bits per heavy atom. The molecule has 2 aromatic rings. The van der Waals surface area contributed by atoms with E-state index in [2.05, 4.69) is 15.3 Å². The zero-order chi connectivity index (χ0) is 18.6. The minimum absolute atomic E-state index is 0.0552. The molecule has 2 fully saturated rings. The van der Waals surface area contributed by atoms with Gasteiger partial charge in [-0.2, -0.15) is 0 Å². The minimum atomic E-state index is -0.722. The van der Waals surface area contributed by atoms with E-state index in [4.69, 9.17) is 4.74 Å². The Morgan fingerprint density at radius 2 is 2.19 bits per heavy atom. The molecule has 1 N–H and O–H groups in total. The second-order valence-electron chi connectivity index (χ2n) is 6.94. The predicted molar refractivity (Wildman–Crippen MR) is 96.4 cm³/mol. The maximum atomic E-state index is 12.8. The van der Waals surface area contributed by atoms with E-state index in [1.165, 1.54) is 0 Å². The van der Waals surface area contributed by atoms with E-state index < -0.39 is 12.1 Å². The van der Waals surface area contributed by atoms with Crippen molar-refractivity contribution < 1.29 is 14.3 Å². The third-order valence-electron chi connectivity index (χ3n) is 4.94. The SMILES string of the molecule is O=C(NCCCn1ccnc1)[C@H]1OCC(=O)N(C2CC2)[C@@H]1c1cccnc1. The standard InChI is InChI=1S/C19H23N5O3/c25-16-12-27-18(19(26)22-7-2-9-23-10-8-21-13-23)17(24(16)15-4-5-15)14-3-1-6-20-11-14/h1,3,6,8,10-11,13,15,17-18H,2,4-5,7,9,12H2,(H,22,26)/t17-,18+/m1/s1. The van der Waals surface area contributed by atoms with Crippen LogP contribution in [-0.2, 0) is 20.9 Å². The van der Waals surface area contributed by atoms with Crippen molar-refractivity contribution in [2.45, 2.75) is 44.0 Å².